The number of nitrogens with zero attached hydrogens (tertiary/aromatic N) is 2. The quantitative estimate of drug-likeness (QED) is 0.934. The summed E-state index contributed by atoms with van der Waals surface area (Å²) in [4.78, 5) is 15.3. The second-order valence-electron chi connectivity index (χ2n) is 7.41. The van der Waals surface area contributed by atoms with Crippen LogP contribution in [0.3, 0.4) is 0 Å². The van der Waals surface area contributed by atoms with Crippen LogP contribution in [0.25, 0.3) is 0 Å². The smallest absolute Gasteiger partial charge is 0.227 e. The van der Waals surface area contributed by atoms with Crippen molar-refractivity contribution in [2.75, 3.05) is 19.6 Å². The maximum absolute atomic E-state index is 13.2. The normalized spacial score (nSPS) is 25.4. The molecule has 2 aliphatic heterocycles. The molecule has 0 unspecified atom stereocenters. The van der Waals surface area contributed by atoms with Gasteiger partial charge in [-0.3, -0.25) is 4.79 Å². The summed E-state index contributed by atoms with van der Waals surface area (Å²) < 4.78 is 5.23. The van der Waals surface area contributed by atoms with Gasteiger partial charge in [0.05, 0.1) is 18.2 Å². The van der Waals surface area contributed by atoms with E-state index < -0.39 is 0 Å². The number of nitrogens with one attached hydrogen (secondary N) is 1. The number of amides is 1. The molecular formula is C20H25N3O2. The summed E-state index contributed by atoms with van der Waals surface area (Å²) in [5, 5.41) is 7.49. The van der Waals surface area contributed by atoms with Gasteiger partial charge in [-0.1, -0.05) is 29.4 Å². The molecule has 1 aromatic heterocycles. The fraction of sp³-hybridized carbons (Fsp3) is 0.500. The summed E-state index contributed by atoms with van der Waals surface area (Å²) in [5.74, 6) is 1.96. The molecule has 3 atom stereocenters. The van der Waals surface area contributed by atoms with E-state index in [1.165, 1.54) is 11.1 Å². The number of likely N-dealkylation sites (tertiary alicyclic amines) is 1. The highest BCUT2D eigenvalue weighted by Gasteiger charge is 2.47. The molecule has 0 spiro atoms. The molecule has 0 saturated carbocycles. The van der Waals surface area contributed by atoms with Gasteiger partial charge in [-0.15, -0.1) is 0 Å². The number of carbonyl (C=O) groups is 1. The van der Waals surface area contributed by atoms with E-state index in [1.807, 2.05) is 13.8 Å². The minimum absolute atomic E-state index is 0.161. The van der Waals surface area contributed by atoms with Crippen LogP contribution in [0.1, 0.15) is 34.2 Å². The average molecular weight is 339 g/mol. The highest BCUT2D eigenvalue weighted by atomic mass is 16.5. The van der Waals surface area contributed by atoms with E-state index >= 15 is 0 Å². The Morgan fingerprint density at radius 2 is 2.08 bits per heavy atom. The van der Waals surface area contributed by atoms with Crippen molar-refractivity contribution in [3.8, 4) is 0 Å². The maximum Gasteiger partial charge on any atom is 0.227 e. The van der Waals surface area contributed by atoms with Crippen LogP contribution in [-0.2, 0) is 11.2 Å². The first-order valence-electron chi connectivity index (χ1n) is 9.03. The van der Waals surface area contributed by atoms with Crippen molar-refractivity contribution in [1.29, 1.82) is 0 Å². The molecule has 2 saturated heterocycles. The topological polar surface area (TPSA) is 58.4 Å². The third kappa shape index (κ3) is 2.76. The number of carbonyl (C=O) groups excluding carboxylic acids is 1. The Balaban J connectivity index is 1.65. The lowest BCUT2D eigenvalue weighted by atomic mass is 9.87. The van der Waals surface area contributed by atoms with Crippen molar-refractivity contribution in [2.45, 2.75) is 33.2 Å². The van der Waals surface area contributed by atoms with E-state index in [4.69, 9.17) is 4.52 Å². The number of rotatable bonds is 3. The van der Waals surface area contributed by atoms with Gasteiger partial charge in [0.2, 0.25) is 5.91 Å². The predicted octanol–water partition coefficient (Wildman–Crippen LogP) is 2.56. The standard InChI is InChI=1S/C20H25N3O2/c1-12-6-4-5-7-16(12)20-18-10-21-9-15(18)11-23(20)19(24)8-17-13(2)22-25-14(17)3/h4-7,15,18,20-21H,8-11H2,1-3H3/t15-,18-,20+/m0/s1. The zero-order valence-corrected chi connectivity index (χ0v) is 15.1. The van der Waals surface area contributed by atoms with Crippen LogP contribution < -0.4 is 5.32 Å². The average Bonchev–Trinajstić information content (AvgIpc) is 3.26. The van der Waals surface area contributed by atoms with Gasteiger partial charge in [0.1, 0.15) is 5.76 Å². The van der Waals surface area contributed by atoms with E-state index in [-0.39, 0.29) is 11.9 Å². The minimum Gasteiger partial charge on any atom is -0.361 e. The SMILES string of the molecule is Cc1ccccc1[C@@H]1[C@H]2CNC[C@H]2CN1C(=O)Cc1c(C)noc1C. The van der Waals surface area contributed by atoms with Crippen LogP contribution in [0, 0.1) is 32.6 Å². The third-order valence-corrected chi connectivity index (χ3v) is 5.90. The predicted molar refractivity (Wildman–Crippen MR) is 95.2 cm³/mol. The van der Waals surface area contributed by atoms with Crippen LogP contribution >= 0.6 is 0 Å². The fourth-order valence-corrected chi connectivity index (χ4v) is 4.50. The fourth-order valence-electron chi connectivity index (χ4n) is 4.50. The van der Waals surface area contributed by atoms with Crippen LogP contribution in [-0.4, -0.2) is 35.6 Å². The van der Waals surface area contributed by atoms with Crippen molar-refractivity contribution in [3.63, 3.8) is 0 Å². The van der Waals surface area contributed by atoms with E-state index in [0.717, 1.165) is 36.7 Å². The van der Waals surface area contributed by atoms with Crippen LogP contribution in [0.2, 0.25) is 0 Å². The molecule has 2 aromatic rings. The van der Waals surface area contributed by atoms with Crippen LogP contribution in [0.5, 0.6) is 0 Å². The Kier molecular flexibility index (Phi) is 4.12. The van der Waals surface area contributed by atoms with Crippen molar-refractivity contribution in [1.82, 2.24) is 15.4 Å². The molecule has 0 radical (unpaired) electrons. The molecular weight excluding hydrogens is 314 g/mol. The Morgan fingerprint density at radius 3 is 2.80 bits per heavy atom. The molecule has 1 amide bonds. The van der Waals surface area contributed by atoms with E-state index in [0.29, 0.717) is 18.3 Å². The first kappa shape index (κ1) is 16.3. The van der Waals surface area contributed by atoms with Gasteiger partial charge in [-0.05, 0) is 37.8 Å². The molecule has 1 aromatic carbocycles. The van der Waals surface area contributed by atoms with E-state index in [9.17, 15) is 4.79 Å². The number of aryl methyl sites for hydroxylation is 3. The molecule has 0 aliphatic carbocycles. The van der Waals surface area contributed by atoms with Gasteiger partial charge in [-0.2, -0.15) is 0 Å². The van der Waals surface area contributed by atoms with E-state index in [1.54, 1.807) is 0 Å². The number of fused-ring (bicyclic) bond motifs is 1. The first-order chi connectivity index (χ1) is 12.1. The summed E-state index contributed by atoms with van der Waals surface area (Å²) >= 11 is 0. The Bertz CT molecular complexity index is 778. The van der Waals surface area contributed by atoms with Crippen molar-refractivity contribution < 1.29 is 9.32 Å². The lowest BCUT2D eigenvalue weighted by Gasteiger charge is -2.29. The molecule has 5 nitrogen and oxygen atoms in total. The molecule has 3 heterocycles. The van der Waals surface area contributed by atoms with Crippen LogP contribution in [0.4, 0.5) is 0 Å². The Labute approximate surface area is 148 Å². The molecule has 25 heavy (non-hydrogen) atoms. The molecule has 0 bridgehead atoms. The van der Waals surface area contributed by atoms with Crippen molar-refractivity contribution >= 4 is 5.91 Å². The summed E-state index contributed by atoms with van der Waals surface area (Å²) in [7, 11) is 0. The molecule has 5 heteroatoms. The van der Waals surface area contributed by atoms with Crippen molar-refractivity contribution in [2.24, 2.45) is 11.8 Å². The summed E-state index contributed by atoms with van der Waals surface area (Å²) in [5.41, 5.74) is 4.30. The molecule has 4 rings (SSSR count). The zero-order valence-electron chi connectivity index (χ0n) is 15.1. The zero-order chi connectivity index (χ0) is 17.6. The number of benzene rings is 1. The van der Waals surface area contributed by atoms with Gasteiger partial charge in [-0.25, -0.2) is 0 Å². The number of aromatic nitrogens is 1. The van der Waals surface area contributed by atoms with Crippen molar-refractivity contribution in [3.05, 3.63) is 52.4 Å². The highest BCUT2D eigenvalue weighted by Crippen LogP contribution is 2.43. The van der Waals surface area contributed by atoms with Gasteiger partial charge >= 0.3 is 0 Å². The van der Waals surface area contributed by atoms with E-state index in [2.05, 4.69) is 46.6 Å². The van der Waals surface area contributed by atoms with Gasteiger partial charge in [0.15, 0.2) is 0 Å². The van der Waals surface area contributed by atoms with Crippen LogP contribution in [0.15, 0.2) is 28.8 Å². The number of hydrogen-bond donors (Lipinski definition) is 1. The monoisotopic (exact) mass is 339 g/mol. The maximum atomic E-state index is 13.2. The van der Waals surface area contributed by atoms with Gasteiger partial charge < -0.3 is 14.7 Å². The Hall–Kier alpha value is -2.14. The third-order valence-electron chi connectivity index (χ3n) is 5.90. The second kappa shape index (κ2) is 6.30. The summed E-state index contributed by atoms with van der Waals surface area (Å²) in [6.45, 7) is 8.74. The molecule has 132 valence electrons. The molecule has 2 aliphatic rings. The second-order valence-corrected chi connectivity index (χ2v) is 7.41. The summed E-state index contributed by atoms with van der Waals surface area (Å²) in [6, 6.07) is 8.62. The number of hydrogen-bond acceptors (Lipinski definition) is 4. The lowest BCUT2D eigenvalue weighted by molar-refractivity contribution is -0.132. The lowest BCUT2D eigenvalue weighted by Crippen LogP contribution is -2.36. The molecule has 1 N–H and O–H groups in total. The molecule has 2 fully saturated rings. The minimum atomic E-state index is 0.161. The highest BCUT2D eigenvalue weighted by molar-refractivity contribution is 5.80. The first-order valence-corrected chi connectivity index (χ1v) is 9.03. The largest absolute Gasteiger partial charge is 0.361 e. The Morgan fingerprint density at radius 1 is 1.28 bits per heavy atom. The van der Waals surface area contributed by atoms with Gasteiger partial charge in [0, 0.05) is 31.1 Å². The van der Waals surface area contributed by atoms with Gasteiger partial charge in [0.25, 0.3) is 0 Å². The summed E-state index contributed by atoms with van der Waals surface area (Å²) in [6.07, 6.45) is 0.371.